The molecule has 4 aliphatic rings. The Labute approximate surface area is 184 Å². The summed E-state index contributed by atoms with van der Waals surface area (Å²) < 4.78 is 0. The van der Waals surface area contributed by atoms with Crippen LogP contribution in [0.25, 0.3) is 0 Å². The summed E-state index contributed by atoms with van der Waals surface area (Å²) in [5.74, 6) is -1.60. The van der Waals surface area contributed by atoms with Crippen molar-refractivity contribution in [2.45, 2.75) is 24.7 Å². The van der Waals surface area contributed by atoms with Crippen molar-refractivity contribution in [3.63, 3.8) is 0 Å². The molecule has 0 saturated carbocycles. The third-order valence-corrected chi connectivity index (χ3v) is 7.67. The minimum Gasteiger partial charge on any atom is -0.274 e. The van der Waals surface area contributed by atoms with Crippen LogP contribution >= 0.6 is 0 Å². The van der Waals surface area contributed by atoms with E-state index in [0.717, 1.165) is 22.3 Å². The molecular formula is C26H20N2O4. The van der Waals surface area contributed by atoms with Crippen molar-refractivity contribution in [3.8, 4) is 0 Å². The highest BCUT2D eigenvalue weighted by Crippen LogP contribution is 2.65. The highest BCUT2D eigenvalue weighted by Gasteiger charge is 2.67. The van der Waals surface area contributed by atoms with Gasteiger partial charge in [0.2, 0.25) is 11.8 Å². The number of nitro benzene ring substituents is 1. The molecule has 0 spiro atoms. The van der Waals surface area contributed by atoms with Crippen molar-refractivity contribution in [1.82, 2.24) is 0 Å². The number of rotatable bonds is 3. The Bertz CT molecular complexity index is 1270. The summed E-state index contributed by atoms with van der Waals surface area (Å²) in [6.45, 7) is 2.09. The molecule has 6 nitrogen and oxygen atoms in total. The van der Waals surface area contributed by atoms with Gasteiger partial charge in [-0.1, -0.05) is 55.5 Å². The van der Waals surface area contributed by atoms with Gasteiger partial charge < -0.3 is 0 Å². The summed E-state index contributed by atoms with van der Waals surface area (Å²) in [5, 5.41) is 11.1. The maximum absolute atomic E-state index is 13.9. The number of carbonyl (C=O) groups is 2. The van der Waals surface area contributed by atoms with E-state index in [1.54, 1.807) is 0 Å². The average Bonchev–Trinajstić information content (AvgIpc) is 3.10. The summed E-state index contributed by atoms with van der Waals surface area (Å²) in [4.78, 5) is 39.5. The lowest BCUT2D eigenvalue weighted by molar-refractivity contribution is -0.384. The van der Waals surface area contributed by atoms with Crippen LogP contribution in [-0.4, -0.2) is 16.7 Å². The smallest absolute Gasteiger partial charge is 0.269 e. The average molecular weight is 424 g/mol. The topological polar surface area (TPSA) is 80.5 Å². The van der Waals surface area contributed by atoms with Crippen LogP contribution in [0.4, 0.5) is 11.4 Å². The molecule has 2 bridgehead atoms. The zero-order valence-corrected chi connectivity index (χ0v) is 17.4. The van der Waals surface area contributed by atoms with Crippen molar-refractivity contribution in [3.05, 3.63) is 105 Å². The van der Waals surface area contributed by atoms with Crippen LogP contribution in [0.2, 0.25) is 0 Å². The fourth-order valence-electron chi connectivity index (χ4n) is 6.51. The molecule has 7 rings (SSSR count). The zero-order chi connectivity index (χ0) is 22.2. The van der Waals surface area contributed by atoms with Crippen molar-refractivity contribution >= 4 is 23.2 Å². The highest BCUT2D eigenvalue weighted by atomic mass is 16.6. The van der Waals surface area contributed by atoms with Crippen LogP contribution < -0.4 is 4.90 Å². The quantitative estimate of drug-likeness (QED) is 0.351. The second kappa shape index (κ2) is 6.36. The Morgan fingerprint density at radius 1 is 0.875 bits per heavy atom. The summed E-state index contributed by atoms with van der Waals surface area (Å²) in [7, 11) is 0. The summed E-state index contributed by atoms with van der Waals surface area (Å²) in [6.07, 6.45) is 0.696. The van der Waals surface area contributed by atoms with Gasteiger partial charge in [0.15, 0.2) is 0 Å². The van der Waals surface area contributed by atoms with E-state index in [0.29, 0.717) is 12.1 Å². The van der Waals surface area contributed by atoms with E-state index < -0.39 is 22.2 Å². The molecule has 1 fully saturated rings. The number of nitrogens with zero attached hydrogens (tertiary/aromatic N) is 2. The van der Waals surface area contributed by atoms with Crippen molar-refractivity contribution in [2.75, 3.05) is 4.90 Å². The molecule has 3 aromatic rings. The predicted molar refractivity (Wildman–Crippen MR) is 118 cm³/mol. The summed E-state index contributed by atoms with van der Waals surface area (Å²) >= 11 is 0. The molecule has 1 saturated heterocycles. The third-order valence-electron chi connectivity index (χ3n) is 7.67. The van der Waals surface area contributed by atoms with Gasteiger partial charge in [0.25, 0.3) is 5.69 Å². The number of amides is 2. The first kappa shape index (κ1) is 18.9. The van der Waals surface area contributed by atoms with E-state index >= 15 is 0 Å². The maximum Gasteiger partial charge on any atom is 0.269 e. The minimum absolute atomic E-state index is 0.0739. The van der Waals surface area contributed by atoms with Crippen LogP contribution in [0.1, 0.15) is 41.5 Å². The van der Waals surface area contributed by atoms with Gasteiger partial charge in [0, 0.05) is 23.5 Å². The molecule has 0 aromatic heterocycles. The van der Waals surface area contributed by atoms with Crippen molar-refractivity contribution in [2.24, 2.45) is 11.8 Å². The molecule has 3 aliphatic carbocycles. The van der Waals surface area contributed by atoms with E-state index in [-0.39, 0.29) is 23.4 Å². The van der Waals surface area contributed by atoms with Crippen LogP contribution in [0.15, 0.2) is 72.8 Å². The molecule has 0 radical (unpaired) electrons. The van der Waals surface area contributed by atoms with E-state index in [4.69, 9.17) is 0 Å². The number of hydrogen-bond donors (Lipinski definition) is 0. The first-order chi connectivity index (χ1) is 15.5. The molecule has 1 aliphatic heterocycles. The SMILES string of the molecule is CCC12c3ccccc3C(c3ccccc31)[C@H]1C(=O)N(c3ccc([N+](=O)[O-])cc3)C(=O)[C@H]12. The molecule has 158 valence electrons. The van der Waals surface area contributed by atoms with E-state index in [1.807, 2.05) is 24.3 Å². The Hall–Kier alpha value is -3.80. The number of imide groups is 1. The van der Waals surface area contributed by atoms with Crippen LogP contribution in [0.5, 0.6) is 0 Å². The van der Waals surface area contributed by atoms with Crippen LogP contribution in [-0.2, 0) is 15.0 Å². The van der Waals surface area contributed by atoms with Crippen LogP contribution in [0.3, 0.4) is 0 Å². The lowest BCUT2D eigenvalue weighted by Gasteiger charge is -2.54. The fourth-order valence-corrected chi connectivity index (χ4v) is 6.51. The van der Waals surface area contributed by atoms with Gasteiger partial charge in [-0.2, -0.15) is 0 Å². The van der Waals surface area contributed by atoms with Gasteiger partial charge in [-0.05, 0) is 40.8 Å². The zero-order valence-electron chi connectivity index (χ0n) is 17.4. The van der Waals surface area contributed by atoms with Gasteiger partial charge in [-0.15, -0.1) is 0 Å². The number of hydrogen-bond acceptors (Lipinski definition) is 4. The summed E-state index contributed by atoms with van der Waals surface area (Å²) in [6, 6.07) is 22.0. The first-order valence-electron chi connectivity index (χ1n) is 10.8. The normalized spacial score (nSPS) is 27.2. The minimum atomic E-state index is -0.575. The predicted octanol–water partition coefficient (Wildman–Crippen LogP) is 4.56. The fraction of sp³-hybridized carbons (Fsp3) is 0.231. The second-order valence-corrected chi connectivity index (χ2v) is 8.77. The maximum atomic E-state index is 13.9. The van der Waals surface area contributed by atoms with E-state index in [9.17, 15) is 19.7 Å². The Kier molecular flexibility index (Phi) is 3.76. The van der Waals surface area contributed by atoms with Gasteiger partial charge in [-0.25, -0.2) is 4.90 Å². The summed E-state index contributed by atoms with van der Waals surface area (Å²) in [5.41, 5.74) is 4.27. The van der Waals surface area contributed by atoms with Crippen molar-refractivity contribution < 1.29 is 14.5 Å². The largest absolute Gasteiger partial charge is 0.274 e. The molecule has 3 aromatic carbocycles. The Balaban J connectivity index is 1.58. The molecular weight excluding hydrogens is 404 g/mol. The number of non-ortho nitro benzene ring substituents is 1. The van der Waals surface area contributed by atoms with E-state index in [2.05, 4.69) is 31.2 Å². The van der Waals surface area contributed by atoms with Gasteiger partial charge >= 0.3 is 0 Å². The Morgan fingerprint density at radius 3 is 1.97 bits per heavy atom. The number of anilines is 1. The molecule has 1 heterocycles. The van der Waals surface area contributed by atoms with Gasteiger partial charge in [-0.3, -0.25) is 19.7 Å². The van der Waals surface area contributed by atoms with Crippen molar-refractivity contribution in [1.29, 1.82) is 0 Å². The molecule has 2 atom stereocenters. The lowest BCUT2D eigenvalue weighted by atomic mass is 9.46. The third kappa shape index (κ3) is 2.09. The lowest BCUT2D eigenvalue weighted by Crippen LogP contribution is -2.53. The monoisotopic (exact) mass is 424 g/mol. The molecule has 0 N–H and O–H groups in total. The van der Waals surface area contributed by atoms with Gasteiger partial charge in [0.05, 0.1) is 22.4 Å². The first-order valence-corrected chi connectivity index (χ1v) is 10.8. The van der Waals surface area contributed by atoms with Gasteiger partial charge in [0.1, 0.15) is 0 Å². The molecule has 32 heavy (non-hydrogen) atoms. The number of carbonyl (C=O) groups excluding carboxylic acids is 2. The van der Waals surface area contributed by atoms with E-state index in [1.165, 1.54) is 29.2 Å². The molecule has 2 amide bonds. The standard InChI is InChI=1S/C26H20N2O4/c1-2-26-19-9-5-3-7-17(19)21(18-8-4-6-10-20(18)26)22-23(26)25(30)27(24(22)29)15-11-13-16(14-12-15)28(31)32/h3-14,21-23H,2H2,1H3/t21?,22-,23+,26?/m1/s1. The molecule has 6 heteroatoms. The number of nitro groups is 1. The highest BCUT2D eigenvalue weighted by molar-refractivity contribution is 6.23. The van der Waals surface area contributed by atoms with Crippen LogP contribution in [0, 0.1) is 22.0 Å². The Morgan fingerprint density at radius 2 is 1.44 bits per heavy atom. The second-order valence-electron chi connectivity index (χ2n) is 8.77. The number of benzene rings is 3. The molecule has 0 unspecified atom stereocenters.